The molecule has 0 atom stereocenters. The number of carbonyl (C=O) groups is 2. The van der Waals surface area contributed by atoms with Crippen molar-refractivity contribution in [3.63, 3.8) is 0 Å². The van der Waals surface area contributed by atoms with Crippen LogP contribution in [0.5, 0.6) is 5.75 Å². The van der Waals surface area contributed by atoms with Crippen LogP contribution in [0.15, 0.2) is 53.4 Å². The molecule has 1 aliphatic heterocycles. The van der Waals surface area contributed by atoms with Gasteiger partial charge in [-0.15, -0.1) is 0 Å². The fourth-order valence-corrected chi connectivity index (χ4v) is 4.33. The van der Waals surface area contributed by atoms with E-state index in [0.717, 1.165) is 5.56 Å². The highest BCUT2D eigenvalue weighted by Gasteiger charge is 2.24. The van der Waals surface area contributed by atoms with Crippen molar-refractivity contribution in [1.82, 2.24) is 4.90 Å². The summed E-state index contributed by atoms with van der Waals surface area (Å²) in [7, 11) is -3.69. The molecule has 0 saturated heterocycles. The molecule has 0 saturated carbocycles. The second-order valence-corrected chi connectivity index (χ2v) is 9.27. The minimum Gasteiger partial charge on any atom is -0.482 e. The Morgan fingerprint density at radius 2 is 1.90 bits per heavy atom. The molecule has 2 aromatic rings. The highest BCUT2D eigenvalue weighted by atomic mass is 32.2. The van der Waals surface area contributed by atoms with Crippen LogP contribution in [0, 0.1) is 0 Å². The maximum atomic E-state index is 12.7. The van der Waals surface area contributed by atoms with Gasteiger partial charge in [0.2, 0.25) is 5.91 Å². The molecule has 3 rings (SSSR count). The van der Waals surface area contributed by atoms with Crippen LogP contribution in [-0.4, -0.2) is 43.5 Å². The molecule has 2 amide bonds. The lowest BCUT2D eigenvalue weighted by atomic mass is 10.2. The second kappa shape index (κ2) is 8.65. The first-order valence-corrected chi connectivity index (χ1v) is 11.0. The summed E-state index contributed by atoms with van der Waals surface area (Å²) in [6.07, 6.45) is -0.118. The molecule has 0 aromatic heterocycles. The average Bonchev–Trinajstić information content (AvgIpc) is 2.70. The van der Waals surface area contributed by atoms with E-state index in [2.05, 4.69) is 5.32 Å². The molecule has 2 aromatic carbocycles. The number of fused-ring (bicyclic) bond motifs is 1. The van der Waals surface area contributed by atoms with Crippen LogP contribution in [-0.2, 0) is 26.0 Å². The van der Waals surface area contributed by atoms with Crippen molar-refractivity contribution >= 4 is 27.3 Å². The van der Waals surface area contributed by atoms with Crippen LogP contribution >= 0.6 is 0 Å². The molecule has 1 aliphatic rings. The average molecular weight is 416 g/mol. The number of hydrogen-bond donors (Lipinski definition) is 1. The van der Waals surface area contributed by atoms with Gasteiger partial charge in [-0.1, -0.05) is 30.3 Å². The van der Waals surface area contributed by atoms with Gasteiger partial charge in [-0.3, -0.25) is 9.59 Å². The fraction of sp³-hybridized carbons (Fsp3) is 0.333. The summed E-state index contributed by atoms with van der Waals surface area (Å²) in [5.74, 6) is -0.441. The van der Waals surface area contributed by atoms with Gasteiger partial charge in [0.1, 0.15) is 5.75 Å². The van der Waals surface area contributed by atoms with Crippen molar-refractivity contribution in [2.24, 2.45) is 0 Å². The van der Waals surface area contributed by atoms with E-state index < -0.39 is 9.84 Å². The number of carbonyl (C=O) groups excluding carboxylic acids is 2. The number of nitrogens with one attached hydrogen (secondary N) is 1. The van der Waals surface area contributed by atoms with Crippen LogP contribution in [0.2, 0.25) is 0 Å². The summed E-state index contributed by atoms with van der Waals surface area (Å²) in [5, 5.41) is 2.59. The highest BCUT2D eigenvalue weighted by Crippen LogP contribution is 2.30. The first-order valence-electron chi connectivity index (χ1n) is 9.39. The molecule has 8 heteroatoms. The summed E-state index contributed by atoms with van der Waals surface area (Å²) in [4.78, 5) is 25.9. The van der Waals surface area contributed by atoms with Crippen molar-refractivity contribution in [2.45, 2.75) is 37.8 Å². The first-order chi connectivity index (χ1) is 13.8. The van der Waals surface area contributed by atoms with Gasteiger partial charge in [0.05, 0.1) is 16.3 Å². The van der Waals surface area contributed by atoms with Gasteiger partial charge in [-0.2, -0.15) is 0 Å². The second-order valence-electron chi connectivity index (χ2n) is 7.16. The third-order valence-corrected chi connectivity index (χ3v) is 6.38. The largest absolute Gasteiger partial charge is 0.482 e. The van der Waals surface area contributed by atoms with Gasteiger partial charge in [0, 0.05) is 19.0 Å². The summed E-state index contributed by atoms with van der Waals surface area (Å²) in [6, 6.07) is 13.8. The predicted octanol–water partition coefficient (Wildman–Crippen LogP) is 2.62. The number of rotatable bonds is 7. The van der Waals surface area contributed by atoms with Gasteiger partial charge in [-0.05, 0) is 37.6 Å². The lowest BCUT2D eigenvalue weighted by molar-refractivity contribution is -0.133. The standard InChI is InChI=1S/C21H24N2O5S/c1-15(2)23(13-16-6-4-3-5-7-16)21(25)10-11-29(26,27)17-8-9-19-18(12-17)22-20(24)14-28-19/h3-9,12,15H,10-11,13-14H2,1-2H3,(H,22,24). The topological polar surface area (TPSA) is 92.8 Å². The van der Waals surface area contributed by atoms with E-state index >= 15 is 0 Å². The summed E-state index contributed by atoms with van der Waals surface area (Å²) >= 11 is 0. The van der Waals surface area contributed by atoms with Crippen molar-refractivity contribution in [3.8, 4) is 5.75 Å². The normalized spacial score (nSPS) is 13.4. The van der Waals surface area contributed by atoms with Crippen LogP contribution in [0.1, 0.15) is 25.8 Å². The maximum absolute atomic E-state index is 12.7. The fourth-order valence-electron chi connectivity index (χ4n) is 3.08. The van der Waals surface area contributed by atoms with Crippen molar-refractivity contribution < 1.29 is 22.7 Å². The SMILES string of the molecule is CC(C)N(Cc1ccccc1)C(=O)CCS(=O)(=O)c1ccc2c(c1)NC(=O)CO2. The number of sulfone groups is 1. The molecule has 1 N–H and O–H groups in total. The Labute approximate surface area is 170 Å². The van der Waals surface area contributed by atoms with Crippen molar-refractivity contribution in [1.29, 1.82) is 0 Å². The molecule has 7 nitrogen and oxygen atoms in total. The molecule has 0 bridgehead atoms. The van der Waals surface area contributed by atoms with E-state index in [-0.39, 0.29) is 41.5 Å². The third-order valence-electron chi connectivity index (χ3n) is 4.67. The van der Waals surface area contributed by atoms with E-state index in [1.165, 1.54) is 18.2 Å². The Morgan fingerprint density at radius 3 is 2.59 bits per heavy atom. The molecule has 0 aliphatic carbocycles. The van der Waals surface area contributed by atoms with E-state index in [1.54, 1.807) is 4.90 Å². The minimum absolute atomic E-state index is 0.0500. The maximum Gasteiger partial charge on any atom is 0.262 e. The number of anilines is 1. The minimum atomic E-state index is -3.69. The van der Waals surface area contributed by atoms with E-state index in [4.69, 9.17) is 4.74 Å². The lowest BCUT2D eigenvalue weighted by Crippen LogP contribution is -2.37. The molecule has 29 heavy (non-hydrogen) atoms. The van der Waals surface area contributed by atoms with Crippen LogP contribution in [0.25, 0.3) is 0 Å². The smallest absolute Gasteiger partial charge is 0.262 e. The zero-order valence-corrected chi connectivity index (χ0v) is 17.2. The van der Waals surface area contributed by atoms with Crippen LogP contribution in [0.3, 0.4) is 0 Å². The molecule has 0 fully saturated rings. The Bertz CT molecular complexity index is 1000. The van der Waals surface area contributed by atoms with Crippen LogP contribution < -0.4 is 10.1 Å². The predicted molar refractivity (Wildman–Crippen MR) is 109 cm³/mol. The monoisotopic (exact) mass is 416 g/mol. The molecule has 1 heterocycles. The molecular weight excluding hydrogens is 392 g/mol. The van der Waals surface area contributed by atoms with E-state index in [0.29, 0.717) is 18.0 Å². The van der Waals surface area contributed by atoms with E-state index in [9.17, 15) is 18.0 Å². The van der Waals surface area contributed by atoms with Crippen LogP contribution in [0.4, 0.5) is 5.69 Å². The van der Waals surface area contributed by atoms with Gasteiger partial charge < -0.3 is 15.0 Å². The quantitative estimate of drug-likeness (QED) is 0.749. The van der Waals surface area contributed by atoms with Gasteiger partial charge in [0.15, 0.2) is 16.4 Å². The third kappa shape index (κ3) is 5.14. The molecular formula is C21H24N2O5S. The Hall–Kier alpha value is -2.87. The Morgan fingerprint density at radius 1 is 1.17 bits per heavy atom. The zero-order chi connectivity index (χ0) is 21.0. The summed E-state index contributed by atoms with van der Waals surface area (Å²) in [5.41, 5.74) is 1.31. The van der Waals surface area contributed by atoms with Gasteiger partial charge in [0.25, 0.3) is 5.91 Å². The van der Waals surface area contributed by atoms with E-state index in [1.807, 2.05) is 44.2 Å². The molecule has 0 spiro atoms. The molecule has 154 valence electrons. The first kappa shape index (κ1) is 20.9. The number of ether oxygens (including phenoxy) is 1. The summed E-state index contributed by atoms with van der Waals surface area (Å²) in [6.45, 7) is 4.14. The molecule has 0 unspecified atom stereocenters. The number of amides is 2. The number of hydrogen-bond acceptors (Lipinski definition) is 5. The Balaban J connectivity index is 1.69. The van der Waals surface area contributed by atoms with Gasteiger partial charge >= 0.3 is 0 Å². The summed E-state index contributed by atoms with van der Waals surface area (Å²) < 4.78 is 30.7. The number of benzene rings is 2. The lowest BCUT2D eigenvalue weighted by Gasteiger charge is -2.27. The van der Waals surface area contributed by atoms with Crippen molar-refractivity contribution in [3.05, 3.63) is 54.1 Å². The Kier molecular flexibility index (Phi) is 6.22. The number of nitrogens with zero attached hydrogens (tertiary/aromatic N) is 1. The highest BCUT2D eigenvalue weighted by molar-refractivity contribution is 7.91. The van der Waals surface area contributed by atoms with Gasteiger partial charge in [-0.25, -0.2) is 8.42 Å². The molecule has 0 radical (unpaired) electrons. The van der Waals surface area contributed by atoms with Crippen molar-refractivity contribution in [2.75, 3.05) is 17.7 Å². The zero-order valence-electron chi connectivity index (χ0n) is 16.4.